The lowest BCUT2D eigenvalue weighted by atomic mass is 9.96. The lowest BCUT2D eigenvalue weighted by Crippen LogP contribution is -2.46. The third-order valence-corrected chi connectivity index (χ3v) is 5.42. The van der Waals surface area contributed by atoms with E-state index in [1.807, 2.05) is 6.92 Å². The van der Waals surface area contributed by atoms with Gasteiger partial charge in [0.25, 0.3) is 0 Å². The lowest BCUT2D eigenvalue weighted by molar-refractivity contribution is 0.0441. The predicted molar refractivity (Wildman–Crippen MR) is 93.4 cm³/mol. The van der Waals surface area contributed by atoms with Crippen LogP contribution in [0.3, 0.4) is 0 Å². The maximum Gasteiger partial charge on any atom is 0.240 e. The van der Waals surface area contributed by atoms with Crippen LogP contribution in [0.1, 0.15) is 26.3 Å². The molecule has 1 aromatic rings. The van der Waals surface area contributed by atoms with Crippen LogP contribution in [0.2, 0.25) is 0 Å². The van der Waals surface area contributed by atoms with Crippen LogP contribution >= 0.6 is 0 Å². The average Bonchev–Trinajstić information content (AvgIpc) is 2.83. The molecule has 0 aliphatic carbocycles. The molecule has 1 saturated heterocycles. The zero-order chi connectivity index (χ0) is 18.0. The van der Waals surface area contributed by atoms with E-state index in [1.165, 1.54) is 0 Å². The Morgan fingerprint density at radius 3 is 2.46 bits per heavy atom. The monoisotopic (exact) mass is 356 g/mol. The number of aliphatic hydroxyl groups excluding tert-OH is 1. The van der Waals surface area contributed by atoms with E-state index in [0.717, 1.165) is 12.1 Å². The molecule has 1 fully saturated rings. The molecule has 2 rings (SSSR count). The molecular formula is C17H28N2O4S. The van der Waals surface area contributed by atoms with Crippen LogP contribution in [-0.4, -0.2) is 51.5 Å². The van der Waals surface area contributed by atoms with Crippen molar-refractivity contribution in [3.63, 3.8) is 0 Å². The van der Waals surface area contributed by atoms with Gasteiger partial charge in [0.2, 0.25) is 10.0 Å². The first-order valence-electron chi connectivity index (χ1n) is 8.18. The number of aryl methyl sites for hydroxylation is 1. The van der Waals surface area contributed by atoms with Gasteiger partial charge in [-0.15, -0.1) is 0 Å². The van der Waals surface area contributed by atoms with E-state index in [9.17, 15) is 13.5 Å². The predicted octanol–water partition coefficient (Wildman–Crippen LogP) is 1.04. The Morgan fingerprint density at radius 2 is 1.88 bits per heavy atom. The maximum atomic E-state index is 12.3. The van der Waals surface area contributed by atoms with Crippen LogP contribution in [0, 0.1) is 12.3 Å². The number of aliphatic hydroxyl groups is 1. The lowest BCUT2D eigenvalue weighted by Gasteiger charge is -2.24. The summed E-state index contributed by atoms with van der Waals surface area (Å²) in [6, 6.07) is 6.46. The van der Waals surface area contributed by atoms with Crippen molar-refractivity contribution in [1.29, 1.82) is 0 Å². The first-order valence-corrected chi connectivity index (χ1v) is 9.66. The molecule has 1 heterocycles. The molecule has 0 amide bonds. The Bertz CT molecular complexity index is 638. The molecule has 0 spiro atoms. The topological polar surface area (TPSA) is 87.7 Å². The Hall–Kier alpha value is -0.990. The van der Waals surface area contributed by atoms with Gasteiger partial charge in [0, 0.05) is 13.1 Å². The van der Waals surface area contributed by atoms with Gasteiger partial charge in [0.15, 0.2) is 0 Å². The molecular weight excluding hydrogens is 328 g/mol. The summed E-state index contributed by atoms with van der Waals surface area (Å²) in [5, 5.41) is 13.6. The molecule has 3 N–H and O–H groups in total. The number of sulfonamides is 1. The van der Waals surface area contributed by atoms with Crippen molar-refractivity contribution in [2.75, 3.05) is 19.7 Å². The van der Waals surface area contributed by atoms with Crippen LogP contribution in [0.25, 0.3) is 0 Å². The van der Waals surface area contributed by atoms with Crippen LogP contribution in [0.4, 0.5) is 0 Å². The second-order valence-corrected chi connectivity index (χ2v) is 9.34. The molecule has 0 unspecified atom stereocenters. The molecule has 7 heteroatoms. The Labute approximate surface area is 144 Å². The minimum absolute atomic E-state index is 0.0467. The zero-order valence-electron chi connectivity index (χ0n) is 14.7. The summed E-state index contributed by atoms with van der Waals surface area (Å²) in [4.78, 5) is 0.211. The van der Waals surface area contributed by atoms with Crippen molar-refractivity contribution in [3.8, 4) is 0 Å². The third kappa shape index (κ3) is 5.26. The van der Waals surface area contributed by atoms with Crippen LogP contribution in [0.5, 0.6) is 0 Å². The maximum absolute atomic E-state index is 12.3. The highest BCUT2D eigenvalue weighted by molar-refractivity contribution is 7.89. The summed E-state index contributed by atoms with van der Waals surface area (Å²) in [6.45, 7) is 9.39. The summed E-state index contributed by atoms with van der Waals surface area (Å²) in [6.07, 6.45) is -1.30. The molecule has 6 nitrogen and oxygen atoms in total. The highest BCUT2D eigenvalue weighted by atomic mass is 32.2. The van der Waals surface area contributed by atoms with Gasteiger partial charge >= 0.3 is 0 Å². The van der Waals surface area contributed by atoms with Crippen LogP contribution in [0.15, 0.2) is 29.2 Å². The van der Waals surface area contributed by atoms with E-state index >= 15 is 0 Å². The number of rotatable bonds is 6. The number of hydrogen-bond acceptors (Lipinski definition) is 5. The van der Waals surface area contributed by atoms with Crippen molar-refractivity contribution in [2.45, 2.75) is 50.8 Å². The van der Waals surface area contributed by atoms with E-state index in [-0.39, 0.29) is 22.9 Å². The normalized spacial score (nSPS) is 25.1. The summed E-state index contributed by atoms with van der Waals surface area (Å²) in [5.41, 5.74) is 1.10. The number of benzene rings is 1. The molecule has 0 radical (unpaired) electrons. The molecule has 1 aliphatic heterocycles. The Morgan fingerprint density at radius 1 is 1.25 bits per heavy atom. The first-order chi connectivity index (χ1) is 11.1. The van der Waals surface area contributed by atoms with Gasteiger partial charge in [-0.25, -0.2) is 13.1 Å². The van der Waals surface area contributed by atoms with Crippen molar-refractivity contribution < 1.29 is 18.3 Å². The summed E-state index contributed by atoms with van der Waals surface area (Å²) >= 11 is 0. The standard InChI is InChI=1S/C17H28N2O4S/c1-12-5-7-13(8-6-12)24(21,22)19-9-15-16(20)14(10-23-15)18-11-17(2,3)4/h5-8,14-16,18-20H,9-11H2,1-4H3/t14-,15-,16+/m1/s1. The van der Waals surface area contributed by atoms with Gasteiger partial charge in [-0.1, -0.05) is 38.5 Å². The highest BCUT2D eigenvalue weighted by Crippen LogP contribution is 2.18. The van der Waals surface area contributed by atoms with Crippen molar-refractivity contribution >= 4 is 10.0 Å². The second kappa shape index (κ2) is 7.49. The Kier molecular flexibility index (Phi) is 6.04. The van der Waals surface area contributed by atoms with Gasteiger partial charge in [-0.05, 0) is 24.5 Å². The summed E-state index contributed by atoms with van der Waals surface area (Å²) in [7, 11) is -3.60. The second-order valence-electron chi connectivity index (χ2n) is 7.58. The van der Waals surface area contributed by atoms with Crippen molar-refractivity contribution in [2.24, 2.45) is 5.41 Å². The van der Waals surface area contributed by atoms with Gasteiger partial charge in [-0.3, -0.25) is 0 Å². The summed E-state index contributed by atoms with van der Waals surface area (Å²) < 4.78 is 32.6. The molecule has 24 heavy (non-hydrogen) atoms. The SMILES string of the molecule is Cc1ccc(S(=O)(=O)NC[C@H]2OC[C@@H](NCC(C)(C)C)[C@@H]2O)cc1. The fraction of sp³-hybridized carbons (Fsp3) is 0.647. The average molecular weight is 356 g/mol. The third-order valence-electron chi connectivity index (χ3n) is 3.98. The van der Waals surface area contributed by atoms with Gasteiger partial charge < -0.3 is 15.2 Å². The number of ether oxygens (including phenoxy) is 1. The minimum atomic E-state index is -3.60. The molecule has 0 aromatic heterocycles. The van der Waals surface area contributed by atoms with Gasteiger partial charge in [0.05, 0.1) is 29.8 Å². The first kappa shape index (κ1) is 19.3. The molecule has 1 aliphatic rings. The molecule has 1 aromatic carbocycles. The van der Waals surface area contributed by atoms with Crippen molar-refractivity contribution in [3.05, 3.63) is 29.8 Å². The van der Waals surface area contributed by atoms with E-state index < -0.39 is 22.2 Å². The molecule has 3 atom stereocenters. The fourth-order valence-corrected chi connectivity index (χ4v) is 3.52. The minimum Gasteiger partial charge on any atom is -0.389 e. The Balaban J connectivity index is 1.89. The quantitative estimate of drug-likeness (QED) is 0.709. The van der Waals surface area contributed by atoms with Gasteiger partial charge in [-0.2, -0.15) is 0 Å². The smallest absolute Gasteiger partial charge is 0.240 e. The molecule has 0 saturated carbocycles. The highest BCUT2D eigenvalue weighted by Gasteiger charge is 2.36. The van der Waals surface area contributed by atoms with E-state index in [0.29, 0.717) is 6.61 Å². The molecule has 0 bridgehead atoms. The van der Waals surface area contributed by atoms with Crippen LogP contribution < -0.4 is 10.0 Å². The van der Waals surface area contributed by atoms with E-state index in [2.05, 4.69) is 30.8 Å². The van der Waals surface area contributed by atoms with Crippen LogP contribution in [-0.2, 0) is 14.8 Å². The van der Waals surface area contributed by atoms with E-state index in [4.69, 9.17) is 4.74 Å². The van der Waals surface area contributed by atoms with Gasteiger partial charge in [0.1, 0.15) is 0 Å². The fourth-order valence-electron chi connectivity index (χ4n) is 2.47. The summed E-state index contributed by atoms with van der Waals surface area (Å²) in [5.74, 6) is 0. The van der Waals surface area contributed by atoms with E-state index in [1.54, 1.807) is 24.3 Å². The largest absolute Gasteiger partial charge is 0.389 e. The number of nitrogens with one attached hydrogen (secondary N) is 2. The molecule has 136 valence electrons. The number of hydrogen-bond donors (Lipinski definition) is 3. The zero-order valence-corrected chi connectivity index (χ0v) is 15.6. The van der Waals surface area contributed by atoms with Crippen molar-refractivity contribution in [1.82, 2.24) is 10.0 Å².